The van der Waals surface area contributed by atoms with Gasteiger partial charge >= 0.3 is 12.2 Å². The Morgan fingerprint density at radius 3 is 1.73 bits per heavy atom. The van der Waals surface area contributed by atoms with Gasteiger partial charge < -0.3 is 55.8 Å². The van der Waals surface area contributed by atoms with Crippen LogP contribution in [-0.2, 0) is 33.4 Å². The lowest BCUT2D eigenvalue weighted by Gasteiger charge is -2.32. The number of para-hydroxylation sites is 2. The van der Waals surface area contributed by atoms with Gasteiger partial charge in [-0.15, -0.1) is 0 Å². The van der Waals surface area contributed by atoms with E-state index in [9.17, 15) is 38.4 Å². The molecule has 0 saturated carbocycles. The number of unbranched alkanes of at least 4 members (excludes halogenated alkanes) is 1. The quantitative estimate of drug-likeness (QED) is 0.0326. The van der Waals surface area contributed by atoms with E-state index in [2.05, 4.69) is 42.2 Å². The predicted molar refractivity (Wildman–Crippen MR) is 278 cm³/mol. The fourth-order valence-electron chi connectivity index (χ4n) is 7.14. The Balaban J connectivity index is 1.52. The van der Waals surface area contributed by atoms with Gasteiger partial charge in [-0.2, -0.15) is 0 Å². The second-order valence-corrected chi connectivity index (χ2v) is 21.1. The standard InChI is InChI=1S/C53H71ClN8O12/c1-30(42(63)48-61-37-17-13-14-19-40(37)71-48)57-45(66)38(18-15-16-28-55-49(69)73-52(7,8)9)59-43(64)31(2)58-47(68)41(32(3)72-51(4,5)6)62-46(67)39(29-56-50(70)74-53(10,11)12)60-44(65)35-22-20-33(21-23-35)34-24-26-36(54)27-25-34/h13-14,17,19-27,30-32,38-39,41H,15-16,18,28-29H2,1-12H3,(H,55,69)(H,56,70)(H,57,66)(H,58,68)(H,59,64)(H,60,65)(H,62,67)/t30-,31-,32+,38-,39-,41-/m0/s1. The molecule has 1 aromatic heterocycles. The zero-order valence-corrected chi connectivity index (χ0v) is 44.9. The van der Waals surface area contributed by atoms with Crippen molar-refractivity contribution in [3.8, 4) is 11.1 Å². The van der Waals surface area contributed by atoms with Gasteiger partial charge in [0.2, 0.25) is 29.4 Å². The van der Waals surface area contributed by atoms with Gasteiger partial charge in [0.1, 0.15) is 40.9 Å². The summed E-state index contributed by atoms with van der Waals surface area (Å²) in [6.45, 7) is 19.5. The molecule has 0 unspecified atom stereocenters. The molecule has 20 nitrogen and oxygen atoms in total. The molecule has 402 valence electrons. The minimum atomic E-state index is -1.49. The molecule has 0 spiro atoms. The Morgan fingerprint density at radius 1 is 0.595 bits per heavy atom. The maximum atomic E-state index is 14.3. The maximum Gasteiger partial charge on any atom is 0.407 e. The highest BCUT2D eigenvalue weighted by atomic mass is 35.5. The van der Waals surface area contributed by atoms with E-state index < -0.39 is 107 Å². The normalized spacial score (nSPS) is 14.2. The predicted octanol–water partition coefficient (Wildman–Crippen LogP) is 6.53. The van der Waals surface area contributed by atoms with E-state index in [4.69, 9.17) is 30.2 Å². The lowest BCUT2D eigenvalue weighted by molar-refractivity contribution is -0.139. The molecule has 0 aliphatic rings. The summed E-state index contributed by atoms with van der Waals surface area (Å²) in [6, 6.07) is 13.8. The summed E-state index contributed by atoms with van der Waals surface area (Å²) in [5.41, 5.74) is 0.227. The molecule has 0 aliphatic carbocycles. The third kappa shape index (κ3) is 19.8. The van der Waals surface area contributed by atoms with Crippen molar-refractivity contribution in [2.75, 3.05) is 13.1 Å². The van der Waals surface area contributed by atoms with Gasteiger partial charge in [-0.25, -0.2) is 14.6 Å². The number of carbonyl (C=O) groups excluding carboxylic acids is 8. The number of ether oxygens (including phenoxy) is 3. The number of carbonyl (C=O) groups is 8. The maximum absolute atomic E-state index is 14.3. The highest BCUT2D eigenvalue weighted by Gasteiger charge is 2.36. The molecule has 4 aromatic rings. The number of halogens is 1. The molecule has 6 atom stereocenters. The molecule has 21 heteroatoms. The fourth-order valence-corrected chi connectivity index (χ4v) is 7.26. The number of rotatable bonds is 22. The summed E-state index contributed by atoms with van der Waals surface area (Å²) in [5, 5.41) is 18.9. The Hall–Kier alpha value is -7.06. The number of fused-ring (bicyclic) bond motifs is 1. The summed E-state index contributed by atoms with van der Waals surface area (Å²) in [7, 11) is 0. The number of oxazole rings is 1. The highest BCUT2D eigenvalue weighted by Crippen LogP contribution is 2.23. The van der Waals surface area contributed by atoms with Crippen molar-refractivity contribution < 1.29 is 57.0 Å². The first-order valence-corrected chi connectivity index (χ1v) is 24.8. The molecule has 4 rings (SSSR count). The van der Waals surface area contributed by atoms with Crippen LogP contribution in [0.15, 0.2) is 77.2 Å². The average molecular weight is 1050 g/mol. The van der Waals surface area contributed by atoms with E-state index >= 15 is 0 Å². The number of amides is 7. The molecular weight excluding hydrogens is 976 g/mol. The molecule has 1 heterocycles. The Morgan fingerprint density at radius 2 is 1.15 bits per heavy atom. The van der Waals surface area contributed by atoms with Crippen LogP contribution in [0.3, 0.4) is 0 Å². The third-order valence-corrected chi connectivity index (χ3v) is 10.9. The van der Waals surface area contributed by atoms with Crippen molar-refractivity contribution in [1.29, 1.82) is 0 Å². The Kier molecular flexibility index (Phi) is 21.1. The van der Waals surface area contributed by atoms with Crippen LogP contribution >= 0.6 is 11.6 Å². The van der Waals surface area contributed by atoms with E-state index in [-0.39, 0.29) is 24.4 Å². The summed E-state index contributed by atoms with van der Waals surface area (Å²) in [5.74, 6) is -4.80. The number of benzene rings is 3. The number of nitrogens with one attached hydrogen (secondary N) is 7. The van der Waals surface area contributed by atoms with Crippen molar-refractivity contribution in [3.05, 3.63) is 89.3 Å². The van der Waals surface area contributed by atoms with Gasteiger partial charge in [-0.3, -0.25) is 28.8 Å². The SMILES string of the molecule is C[C@H](NC(=O)[C@@H](NC(=O)[C@H](CNC(=O)OC(C)(C)C)NC(=O)c1ccc(-c2ccc(Cl)cc2)cc1)[C@@H](C)OC(C)(C)C)C(=O)N[C@@H](CCCCNC(=O)OC(C)(C)C)C(=O)N[C@@H](C)C(=O)c1nc2ccccc2o1. The van der Waals surface area contributed by atoms with Crippen molar-refractivity contribution in [2.45, 2.75) is 155 Å². The van der Waals surface area contributed by atoms with Gasteiger partial charge in [0.25, 0.3) is 11.8 Å². The number of hydrogen-bond acceptors (Lipinski definition) is 13. The van der Waals surface area contributed by atoms with Gasteiger partial charge in [-0.05, 0) is 150 Å². The first kappa shape index (κ1) is 59.5. The summed E-state index contributed by atoms with van der Waals surface area (Å²) < 4.78 is 22.4. The molecule has 74 heavy (non-hydrogen) atoms. The zero-order valence-electron chi connectivity index (χ0n) is 44.2. The number of Topliss-reactive ketones (excluding diaryl/α,β-unsaturated/α-hetero) is 1. The second-order valence-electron chi connectivity index (χ2n) is 20.7. The first-order chi connectivity index (χ1) is 34.5. The van der Waals surface area contributed by atoms with Gasteiger partial charge in [0.05, 0.1) is 24.3 Å². The fraction of sp³-hybridized carbons (Fsp3) is 0.491. The molecule has 0 saturated heterocycles. The third-order valence-electron chi connectivity index (χ3n) is 10.6. The molecule has 0 radical (unpaired) electrons. The molecule has 0 fully saturated rings. The van der Waals surface area contributed by atoms with Crippen LogP contribution in [0.2, 0.25) is 5.02 Å². The van der Waals surface area contributed by atoms with E-state index in [1.165, 1.54) is 20.8 Å². The van der Waals surface area contributed by atoms with E-state index in [0.717, 1.165) is 11.1 Å². The van der Waals surface area contributed by atoms with Crippen LogP contribution < -0.4 is 37.2 Å². The van der Waals surface area contributed by atoms with Crippen molar-refractivity contribution in [3.63, 3.8) is 0 Å². The van der Waals surface area contributed by atoms with Crippen LogP contribution in [0.5, 0.6) is 0 Å². The topological polar surface area (TPSA) is 274 Å². The van der Waals surface area contributed by atoms with E-state index in [0.29, 0.717) is 29.0 Å². The number of hydrogen-bond donors (Lipinski definition) is 7. The van der Waals surface area contributed by atoms with Crippen LogP contribution in [0.25, 0.3) is 22.2 Å². The van der Waals surface area contributed by atoms with Crippen molar-refractivity contribution >= 4 is 70.2 Å². The van der Waals surface area contributed by atoms with Crippen molar-refractivity contribution in [1.82, 2.24) is 42.2 Å². The second kappa shape index (κ2) is 26.2. The molecule has 0 bridgehead atoms. The zero-order chi connectivity index (χ0) is 55.1. The van der Waals surface area contributed by atoms with E-state index in [1.807, 2.05) is 12.1 Å². The van der Waals surface area contributed by atoms with Crippen LogP contribution in [0, 0.1) is 0 Å². The van der Waals surface area contributed by atoms with Crippen LogP contribution in [0.1, 0.15) is 123 Å². The molecule has 7 N–H and O–H groups in total. The smallest absolute Gasteiger partial charge is 0.407 e. The van der Waals surface area contributed by atoms with E-state index in [1.54, 1.807) is 123 Å². The summed E-state index contributed by atoms with van der Waals surface area (Å²) in [4.78, 5) is 113. The first-order valence-electron chi connectivity index (χ1n) is 24.4. The lowest BCUT2D eigenvalue weighted by atomic mass is 10.0. The summed E-state index contributed by atoms with van der Waals surface area (Å²) in [6.07, 6.45) is -1.80. The monoisotopic (exact) mass is 1050 g/mol. The minimum absolute atomic E-state index is 0.0457. The van der Waals surface area contributed by atoms with Crippen molar-refractivity contribution in [2.24, 2.45) is 0 Å². The minimum Gasteiger partial charge on any atom is -0.444 e. The highest BCUT2D eigenvalue weighted by molar-refractivity contribution is 6.30. The largest absolute Gasteiger partial charge is 0.444 e. The van der Waals surface area contributed by atoms with Gasteiger partial charge in [-0.1, -0.05) is 48.0 Å². The van der Waals surface area contributed by atoms with Crippen LogP contribution in [-0.4, -0.2) is 119 Å². The molecule has 7 amide bonds. The number of ketones is 1. The number of aromatic nitrogens is 1. The van der Waals surface area contributed by atoms with Crippen LogP contribution in [0.4, 0.5) is 9.59 Å². The Labute approximate surface area is 436 Å². The van der Waals surface area contributed by atoms with Gasteiger partial charge in [0, 0.05) is 17.1 Å². The Bertz CT molecular complexity index is 2570. The molecule has 0 aliphatic heterocycles. The molecular formula is C53H71ClN8O12. The lowest BCUT2D eigenvalue weighted by Crippen LogP contribution is -2.62. The number of nitrogens with zero attached hydrogens (tertiary/aromatic N) is 1. The average Bonchev–Trinajstić information content (AvgIpc) is 3.74. The number of alkyl carbamates (subject to hydrolysis) is 2. The van der Waals surface area contributed by atoms with Gasteiger partial charge in [0.15, 0.2) is 5.58 Å². The molecule has 3 aromatic carbocycles. The summed E-state index contributed by atoms with van der Waals surface area (Å²) >= 11 is 6.05.